The Labute approximate surface area is 153 Å². The molecule has 0 aromatic carbocycles. The van der Waals surface area contributed by atoms with E-state index in [-0.39, 0.29) is 5.91 Å². The lowest BCUT2D eigenvalue weighted by molar-refractivity contribution is -0.119. The van der Waals surface area contributed by atoms with Crippen molar-refractivity contribution in [3.8, 4) is 11.6 Å². The average Bonchev–Trinajstić information content (AvgIpc) is 3.04. The number of nitrogens with zero attached hydrogens (tertiary/aromatic N) is 3. The van der Waals surface area contributed by atoms with E-state index in [1.54, 1.807) is 0 Å². The fourth-order valence-corrected chi connectivity index (χ4v) is 3.94. The Morgan fingerprint density at radius 2 is 2.08 bits per heavy atom. The van der Waals surface area contributed by atoms with Crippen molar-refractivity contribution in [2.24, 2.45) is 7.05 Å². The molecule has 8 heteroatoms. The quantitative estimate of drug-likeness (QED) is 0.597. The van der Waals surface area contributed by atoms with E-state index in [4.69, 9.17) is 4.42 Å². The highest BCUT2D eigenvalue weighted by atomic mass is 79.9. The van der Waals surface area contributed by atoms with Crippen molar-refractivity contribution in [2.75, 3.05) is 5.75 Å². The van der Waals surface area contributed by atoms with Gasteiger partial charge in [0.2, 0.25) is 5.91 Å². The summed E-state index contributed by atoms with van der Waals surface area (Å²) in [7, 11) is 1.87. The molecule has 1 fully saturated rings. The first-order valence-electron chi connectivity index (χ1n) is 8.21. The maximum absolute atomic E-state index is 12.2. The highest BCUT2D eigenvalue weighted by Gasteiger charge is 2.17. The van der Waals surface area contributed by atoms with Crippen molar-refractivity contribution >= 4 is 33.6 Å². The predicted octanol–water partition coefficient (Wildman–Crippen LogP) is 3.77. The Morgan fingerprint density at radius 3 is 2.75 bits per heavy atom. The third kappa shape index (κ3) is 4.42. The summed E-state index contributed by atoms with van der Waals surface area (Å²) in [5, 5.41) is 12.2. The highest BCUT2D eigenvalue weighted by molar-refractivity contribution is 9.10. The summed E-state index contributed by atoms with van der Waals surface area (Å²) in [5.41, 5.74) is 0. The van der Waals surface area contributed by atoms with Crippen LogP contribution >= 0.6 is 27.7 Å². The van der Waals surface area contributed by atoms with E-state index in [1.165, 1.54) is 37.4 Å². The lowest BCUT2D eigenvalue weighted by Crippen LogP contribution is -2.35. The van der Waals surface area contributed by atoms with Gasteiger partial charge in [-0.2, -0.15) is 0 Å². The summed E-state index contributed by atoms with van der Waals surface area (Å²) in [6, 6.07) is 3.98. The minimum Gasteiger partial charge on any atom is -0.446 e. The lowest BCUT2D eigenvalue weighted by Gasteiger charge is -2.15. The largest absolute Gasteiger partial charge is 0.446 e. The van der Waals surface area contributed by atoms with E-state index >= 15 is 0 Å². The Morgan fingerprint density at radius 1 is 1.33 bits per heavy atom. The molecule has 1 aliphatic rings. The Kier molecular flexibility index (Phi) is 5.99. The molecular formula is C16H21BrN4O2S. The van der Waals surface area contributed by atoms with Crippen LogP contribution in [0.1, 0.15) is 38.5 Å². The van der Waals surface area contributed by atoms with Crippen LogP contribution in [-0.4, -0.2) is 32.5 Å². The molecule has 0 atom stereocenters. The molecule has 0 saturated heterocycles. The summed E-state index contributed by atoms with van der Waals surface area (Å²) in [6.07, 6.45) is 7.18. The van der Waals surface area contributed by atoms with Gasteiger partial charge in [-0.1, -0.05) is 37.4 Å². The van der Waals surface area contributed by atoms with Gasteiger partial charge < -0.3 is 14.3 Å². The monoisotopic (exact) mass is 412 g/mol. The molecule has 1 N–H and O–H groups in total. The van der Waals surface area contributed by atoms with Gasteiger partial charge >= 0.3 is 0 Å². The molecule has 24 heavy (non-hydrogen) atoms. The molecule has 2 heterocycles. The van der Waals surface area contributed by atoms with Gasteiger partial charge in [0, 0.05) is 13.1 Å². The van der Waals surface area contributed by atoms with E-state index in [1.807, 2.05) is 23.7 Å². The molecule has 0 bridgehead atoms. The zero-order chi connectivity index (χ0) is 16.9. The van der Waals surface area contributed by atoms with Crippen molar-refractivity contribution in [1.82, 2.24) is 20.1 Å². The van der Waals surface area contributed by atoms with Crippen LogP contribution in [0.4, 0.5) is 0 Å². The molecule has 0 unspecified atom stereocenters. The molecule has 0 aliphatic heterocycles. The first kappa shape index (κ1) is 17.5. The topological polar surface area (TPSA) is 73.0 Å². The van der Waals surface area contributed by atoms with E-state index < -0.39 is 0 Å². The fourth-order valence-electron chi connectivity index (χ4n) is 2.91. The third-order valence-corrected chi connectivity index (χ3v) is 5.63. The summed E-state index contributed by atoms with van der Waals surface area (Å²) < 4.78 is 8.00. The van der Waals surface area contributed by atoms with E-state index in [9.17, 15) is 4.79 Å². The number of carbonyl (C=O) groups is 1. The molecular weight excluding hydrogens is 392 g/mol. The van der Waals surface area contributed by atoms with Gasteiger partial charge in [0.25, 0.3) is 0 Å². The number of halogens is 1. The van der Waals surface area contributed by atoms with E-state index in [2.05, 4.69) is 31.4 Å². The maximum atomic E-state index is 12.2. The van der Waals surface area contributed by atoms with Crippen molar-refractivity contribution in [2.45, 2.75) is 49.7 Å². The fraction of sp³-hybridized carbons (Fsp3) is 0.562. The first-order valence-corrected chi connectivity index (χ1v) is 9.98. The zero-order valence-electron chi connectivity index (χ0n) is 13.6. The second-order valence-electron chi connectivity index (χ2n) is 6.01. The van der Waals surface area contributed by atoms with Gasteiger partial charge in [-0.3, -0.25) is 4.79 Å². The number of aromatic nitrogens is 3. The third-order valence-electron chi connectivity index (χ3n) is 4.18. The van der Waals surface area contributed by atoms with Crippen LogP contribution < -0.4 is 5.32 Å². The summed E-state index contributed by atoms with van der Waals surface area (Å²) in [6.45, 7) is 0. The minimum absolute atomic E-state index is 0.0668. The van der Waals surface area contributed by atoms with Crippen molar-refractivity contribution in [1.29, 1.82) is 0 Å². The number of rotatable bonds is 5. The van der Waals surface area contributed by atoms with Crippen molar-refractivity contribution < 1.29 is 9.21 Å². The Hall–Kier alpha value is -1.28. The van der Waals surface area contributed by atoms with Crippen LogP contribution in [0.2, 0.25) is 0 Å². The molecule has 1 aliphatic carbocycles. The number of nitrogens with one attached hydrogen (secondary N) is 1. The number of hydrogen-bond acceptors (Lipinski definition) is 5. The van der Waals surface area contributed by atoms with Gasteiger partial charge in [-0.15, -0.1) is 10.2 Å². The van der Waals surface area contributed by atoms with Crippen LogP contribution in [-0.2, 0) is 11.8 Å². The van der Waals surface area contributed by atoms with E-state index in [0.29, 0.717) is 33.2 Å². The summed E-state index contributed by atoms with van der Waals surface area (Å²) in [4.78, 5) is 12.2. The number of furan rings is 1. The second kappa shape index (κ2) is 8.20. The van der Waals surface area contributed by atoms with Gasteiger partial charge in [0.15, 0.2) is 21.4 Å². The molecule has 2 aromatic rings. The standard InChI is InChI=1S/C16H21BrN4O2S/c1-21-15(12-8-9-13(17)23-12)19-20-16(21)24-10-14(22)18-11-6-4-2-3-5-7-11/h8-9,11H,2-7,10H2,1H3,(H,18,22). The number of amides is 1. The summed E-state index contributed by atoms with van der Waals surface area (Å²) in [5.74, 6) is 1.71. The molecule has 6 nitrogen and oxygen atoms in total. The molecule has 130 valence electrons. The van der Waals surface area contributed by atoms with Crippen LogP contribution in [0.25, 0.3) is 11.6 Å². The Bertz CT molecular complexity index is 692. The van der Waals surface area contributed by atoms with Crippen molar-refractivity contribution in [3.63, 3.8) is 0 Å². The number of hydrogen-bond donors (Lipinski definition) is 1. The maximum Gasteiger partial charge on any atom is 0.230 e. The Balaban J connectivity index is 1.54. The molecule has 2 aromatic heterocycles. The first-order chi connectivity index (χ1) is 11.6. The van der Waals surface area contributed by atoms with Gasteiger partial charge in [-0.05, 0) is 40.9 Å². The van der Waals surface area contributed by atoms with Gasteiger partial charge in [-0.25, -0.2) is 0 Å². The SMILES string of the molecule is Cn1c(SCC(=O)NC2CCCCCC2)nnc1-c1ccc(Br)o1. The lowest BCUT2D eigenvalue weighted by atomic mass is 10.1. The number of thioether (sulfide) groups is 1. The number of carbonyl (C=O) groups excluding carboxylic acids is 1. The summed E-state index contributed by atoms with van der Waals surface area (Å²) >= 11 is 4.68. The molecule has 0 spiro atoms. The van der Waals surface area contributed by atoms with Gasteiger partial charge in [0.1, 0.15) is 0 Å². The van der Waals surface area contributed by atoms with Crippen LogP contribution in [0.5, 0.6) is 0 Å². The minimum atomic E-state index is 0.0668. The van der Waals surface area contributed by atoms with Crippen LogP contribution in [0.3, 0.4) is 0 Å². The van der Waals surface area contributed by atoms with E-state index in [0.717, 1.165) is 12.8 Å². The zero-order valence-corrected chi connectivity index (χ0v) is 16.0. The molecule has 3 rings (SSSR count). The average molecular weight is 413 g/mol. The molecule has 1 amide bonds. The molecule has 0 radical (unpaired) electrons. The smallest absolute Gasteiger partial charge is 0.230 e. The van der Waals surface area contributed by atoms with Crippen LogP contribution in [0.15, 0.2) is 26.4 Å². The van der Waals surface area contributed by atoms with Gasteiger partial charge in [0.05, 0.1) is 5.75 Å². The highest BCUT2D eigenvalue weighted by Crippen LogP contribution is 2.26. The van der Waals surface area contributed by atoms with Crippen LogP contribution in [0, 0.1) is 0 Å². The second-order valence-corrected chi connectivity index (χ2v) is 7.74. The predicted molar refractivity (Wildman–Crippen MR) is 96.8 cm³/mol. The van der Waals surface area contributed by atoms with Crippen molar-refractivity contribution in [3.05, 3.63) is 16.8 Å². The molecule has 1 saturated carbocycles. The normalized spacial score (nSPS) is 16.1.